The minimum absolute atomic E-state index is 0.165. The smallest absolute Gasteiger partial charge is 0.243 e. The zero-order valence-electron chi connectivity index (χ0n) is 22.2. The maximum absolute atomic E-state index is 13.6. The molecule has 0 bridgehead atoms. The van der Waals surface area contributed by atoms with Gasteiger partial charge < -0.3 is 5.32 Å². The van der Waals surface area contributed by atoms with Crippen LogP contribution < -0.4 is 10.7 Å². The topological polar surface area (TPSA) is 108 Å². The zero-order valence-corrected chi connectivity index (χ0v) is 23.0. The Morgan fingerprint density at radius 2 is 1.47 bits per heavy atom. The van der Waals surface area contributed by atoms with Crippen molar-refractivity contribution in [3.05, 3.63) is 57.6 Å². The number of rotatable bonds is 6. The molecule has 0 aliphatic carbocycles. The molecule has 0 atom stereocenters. The van der Waals surface area contributed by atoms with Gasteiger partial charge in [0.25, 0.3) is 0 Å². The van der Waals surface area contributed by atoms with E-state index in [1.54, 1.807) is 25.1 Å². The van der Waals surface area contributed by atoms with Crippen LogP contribution in [0.15, 0.2) is 34.3 Å². The average Bonchev–Trinajstić information content (AvgIpc) is 2.84. The number of nitrogens with one attached hydrogen (secondary N) is 2. The van der Waals surface area contributed by atoms with Crippen molar-refractivity contribution in [2.75, 3.05) is 18.4 Å². The van der Waals surface area contributed by atoms with Crippen molar-refractivity contribution in [2.45, 2.75) is 66.2 Å². The van der Waals surface area contributed by atoms with E-state index >= 15 is 0 Å². The molecular weight excluding hydrogens is 476 g/mol. The van der Waals surface area contributed by atoms with Crippen molar-refractivity contribution < 1.29 is 18.0 Å². The SMILES string of the molecule is CC(=O)Nc1cccc(C(C)=NNC(=O)C2CCN(S(=O)(=O)c3c(C)c(C)c(C)c(C)c3C)CC2)c1. The van der Waals surface area contributed by atoms with Gasteiger partial charge in [-0.1, -0.05) is 12.1 Å². The molecular formula is C27H36N4O4S. The fourth-order valence-electron chi connectivity index (χ4n) is 4.66. The van der Waals surface area contributed by atoms with Gasteiger partial charge in [0.15, 0.2) is 0 Å². The average molecular weight is 513 g/mol. The molecule has 8 nitrogen and oxygen atoms in total. The fraction of sp³-hybridized carbons (Fsp3) is 0.444. The normalized spacial score (nSPS) is 15.6. The van der Waals surface area contributed by atoms with Gasteiger partial charge in [-0.05, 0) is 99.9 Å². The highest BCUT2D eigenvalue weighted by atomic mass is 32.2. The standard InChI is InChI=1S/C27H36N4O4S/c1-16-17(2)19(4)26(20(5)18(16)3)36(34,35)31-13-11-23(12-14-31)27(33)30-29-21(6)24-9-8-10-25(15-24)28-22(7)32/h8-10,15,23H,11-14H2,1-7H3,(H,28,32)(H,30,33). The quantitative estimate of drug-likeness (QED) is 0.448. The number of sulfonamides is 1. The van der Waals surface area contributed by atoms with Crippen LogP contribution in [0.1, 0.15) is 60.1 Å². The van der Waals surface area contributed by atoms with Crippen molar-refractivity contribution in [1.82, 2.24) is 9.73 Å². The van der Waals surface area contributed by atoms with Crippen molar-refractivity contribution in [2.24, 2.45) is 11.0 Å². The highest BCUT2D eigenvalue weighted by Crippen LogP contribution is 2.33. The molecule has 0 spiro atoms. The number of hydrazone groups is 1. The second kappa shape index (κ2) is 10.9. The number of hydrogen-bond donors (Lipinski definition) is 2. The monoisotopic (exact) mass is 512 g/mol. The number of nitrogens with zero attached hydrogens (tertiary/aromatic N) is 2. The lowest BCUT2D eigenvalue weighted by molar-refractivity contribution is -0.126. The van der Waals surface area contributed by atoms with Crippen molar-refractivity contribution in [3.63, 3.8) is 0 Å². The lowest BCUT2D eigenvalue weighted by Crippen LogP contribution is -2.42. The van der Waals surface area contributed by atoms with Gasteiger partial charge >= 0.3 is 0 Å². The maximum Gasteiger partial charge on any atom is 0.243 e. The van der Waals surface area contributed by atoms with Gasteiger partial charge in [-0.2, -0.15) is 9.41 Å². The molecule has 3 rings (SSSR count). The summed E-state index contributed by atoms with van der Waals surface area (Å²) in [6, 6.07) is 7.21. The van der Waals surface area contributed by atoms with E-state index in [1.165, 1.54) is 11.2 Å². The van der Waals surface area contributed by atoms with E-state index in [1.807, 2.05) is 40.7 Å². The van der Waals surface area contributed by atoms with Crippen LogP contribution in [0, 0.1) is 40.5 Å². The maximum atomic E-state index is 13.6. The summed E-state index contributed by atoms with van der Waals surface area (Å²) in [6.45, 7) is 13.5. The molecule has 2 aromatic carbocycles. The molecule has 0 radical (unpaired) electrons. The van der Waals surface area contributed by atoms with Crippen molar-refractivity contribution in [3.8, 4) is 0 Å². The fourth-order valence-corrected chi connectivity index (χ4v) is 6.69. The van der Waals surface area contributed by atoms with Crippen LogP contribution >= 0.6 is 0 Å². The van der Waals surface area contributed by atoms with Gasteiger partial charge in [-0.15, -0.1) is 0 Å². The molecule has 9 heteroatoms. The third kappa shape index (κ3) is 5.68. The van der Waals surface area contributed by atoms with E-state index in [-0.39, 0.29) is 30.8 Å². The molecule has 194 valence electrons. The molecule has 1 aliphatic heterocycles. The van der Waals surface area contributed by atoms with Gasteiger partial charge in [0.1, 0.15) is 0 Å². The van der Waals surface area contributed by atoms with Crippen LogP contribution in [0.5, 0.6) is 0 Å². The summed E-state index contributed by atoms with van der Waals surface area (Å²) in [7, 11) is -3.66. The van der Waals surface area contributed by atoms with Gasteiger partial charge in [0.2, 0.25) is 21.8 Å². The minimum atomic E-state index is -3.66. The molecule has 1 heterocycles. The molecule has 0 saturated carbocycles. The Hall–Kier alpha value is -3.04. The highest BCUT2D eigenvalue weighted by molar-refractivity contribution is 7.89. The number of piperidine rings is 1. The van der Waals surface area contributed by atoms with Gasteiger partial charge in [-0.3, -0.25) is 9.59 Å². The van der Waals surface area contributed by atoms with Crippen molar-refractivity contribution in [1.29, 1.82) is 0 Å². The molecule has 36 heavy (non-hydrogen) atoms. The minimum Gasteiger partial charge on any atom is -0.326 e. The number of benzene rings is 2. The Morgan fingerprint density at radius 1 is 0.917 bits per heavy atom. The summed E-state index contributed by atoms with van der Waals surface area (Å²) < 4.78 is 28.6. The molecule has 0 unspecified atom stereocenters. The summed E-state index contributed by atoms with van der Waals surface area (Å²) in [5.74, 6) is -0.706. The number of anilines is 1. The van der Waals surface area contributed by atoms with Gasteiger partial charge in [0.05, 0.1) is 10.6 Å². The van der Waals surface area contributed by atoms with Crippen LogP contribution in [0.2, 0.25) is 0 Å². The van der Waals surface area contributed by atoms with E-state index < -0.39 is 10.0 Å². The summed E-state index contributed by atoms with van der Waals surface area (Å²) in [5, 5.41) is 6.95. The lowest BCUT2D eigenvalue weighted by atomic mass is 9.95. The Labute approximate surface area is 214 Å². The first-order chi connectivity index (χ1) is 16.8. The predicted molar refractivity (Wildman–Crippen MR) is 143 cm³/mol. The Morgan fingerprint density at radius 3 is 2.03 bits per heavy atom. The van der Waals surface area contributed by atoms with Crippen LogP contribution in [-0.4, -0.2) is 43.3 Å². The van der Waals surface area contributed by atoms with Gasteiger partial charge in [0, 0.05) is 31.6 Å². The number of hydrogen-bond acceptors (Lipinski definition) is 5. The van der Waals surface area contributed by atoms with Gasteiger partial charge in [-0.25, -0.2) is 13.8 Å². The largest absolute Gasteiger partial charge is 0.326 e. The third-order valence-corrected chi connectivity index (χ3v) is 9.46. The molecule has 2 aromatic rings. The summed E-state index contributed by atoms with van der Waals surface area (Å²) in [5.41, 5.74) is 9.37. The third-order valence-electron chi connectivity index (χ3n) is 7.29. The van der Waals surface area contributed by atoms with E-state index in [0.717, 1.165) is 33.4 Å². The van der Waals surface area contributed by atoms with Crippen LogP contribution in [0.3, 0.4) is 0 Å². The second-order valence-electron chi connectivity index (χ2n) is 9.57. The Kier molecular flexibility index (Phi) is 8.36. The van der Waals surface area contributed by atoms with E-state index in [9.17, 15) is 18.0 Å². The molecule has 2 amide bonds. The Balaban J connectivity index is 1.67. The Bertz CT molecular complexity index is 1290. The number of carbonyl (C=O) groups excluding carboxylic acids is 2. The first-order valence-electron chi connectivity index (χ1n) is 12.1. The van der Waals surface area contributed by atoms with E-state index in [2.05, 4.69) is 15.8 Å². The van der Waals surface area contributed by atoms with Crippen LogP contribution in [0.4, 0.5) is 5.69 Å². The van der Waals surface area contributed by atoms with Crippen LogP contribution in [-0.2, 0) is 19.6 Å². The first-order valence-corrected chi connectivity index (χ1v) is 13.6. The molecule has 1 fully saturated rings. The summed E-state index contributed by atoms with van der Waals surface area (Å²) >= 11 is 0. The van der Waals surface area contributed by atoms with E-state index in [0.29, 0.717) is 29.1 Å². The van der Waals surface area contributed by atoms with Crippen LogP contribution in [0.25, 0.3) is 0 Å². The number of amides is 2. The summed E-state index contributed by atoms with van der Waals surface area (Å²) in [4.78, 5) is 24.4. The molecule has 1 aliphatic rings. The second-order valence-corrected chi connectivity index (χ2v) is 11.4. The molecule has 2 N–H and O–H groups in total. The molecule has 1 saturated heterocycles. The lowest BCUT2D eigenvalue weighted by Gasteiger charge is -2.31. The summed E-state index contributed by atoms with van der Waals surface area (Å²) in [6.07, 6.45) is 0.860. The molecule has 0 aromatic heterocycles. The first kappa shape index (κ1) is 27.5. The van der Waals surface area contributed by atoms with E-state index in [4.69, 9.17) is 0 Å². The zero-order chi connectivity index (χ0) is 26.8. The highest BCUT2D eigenvalue weighted by Gasteiger charge is 2.34. The number of carbonyl (C=O) groups is 2. The van der Waals surface area contributed by atoms with Crippen molar-refractivity contribution >= 4 is 33.2 Å². The predicted octanol–water partition coefficient (Wildman–Crippen LogP) is 4.13.